The molecular weight excluding hydrogens is 226 g/mol. The molecule has 98 valence electrons. The first kappa shape index (κ1) is 13.8. The van der Waals surface area contributed by atoms with E-state index < -0.39 is 23.0 Å². The molecule has 0 aliphatic heterocycles. The summed E-state index contributed by atoms with van der Waals surface area (Å²) in [5.74, 6) is -1.07. The molecule has 2 unspecified atom stereocenters. The van der Waals surface area contributed by atoms with Gasteiger partial charge in [-0.15, -0.1) is 0 Å². The zero-order chi connectivity index (χ0) is 13.3. The third-order valence-corrected chi connectivity index (χ3v) is 3.63. The molecule has 0 saturated heterocycles. The highest BCUT2D eigenvalue weighted by atomic mass is 16.5. The third kappa shape index (κ3) is 1.97. The number of methoxy groups -OCH3 is 1. The fourth-order valence-corrected chi connectivity index (χ4v) is 2.26. The van der Waals surface area contributed by atoms with E-state index >= 15 is 0 Å². The first-order chi connectivity index (χ1) is 7.81. The number of hydrogen-bond donors (Lipinski definition) is 2. The molecule has 2 atom stereocenters. The van der Waals surface area contributed by atoms with Crippen LogP contribution in [-0.4, -0.2) is 42.5 Å². The predicted octanol–water partition coefficient (Wildman–Crippen LogP) is 1.00. The quantitative estimate of drug-likeness (QED) is 0.771. The van der Waals surface area contributed by atoms with Crippen molar-refractivity contribution in [2.45, 2.75) is 38.8 Å². The maximum Gasteiger partial charge on any atom is 0.407 e. The lowest BCUT2D eigenvalue weighted by molar-refractivity contribution is -0.191. The molecule has 6 nitrogen and oxygen atoms in total. The van der Waals surface area contributed by atoms with E-state index in [1.165, 1.54) is 7.11 Å². The Morgan fingerprint density at radius 1 is 1.47 bits per heavy atom. The Kier molecular flexibility index (Phi) is 3.66. The van der Waals surface area contributed by atoms with Gasteiger partial charge in [0.15, 0.2) is 5.54 Å². The second-order valence-electron chi connectivity index (χ2n) is 4.70. The van der Waals surface area contributed by atoms with Crippen molar-refractivity contribution in [3.8, 4) is 0 Å². The van der Waals surface area contributed by atoms with Crippen molar-refractivity contribution in [2.24, 2.45) is 5.41 Å². The number of carboxylic acid groups (broad SMARTS) is 1. The molecule has 0 heterocycles. The fraction of sp³-hybridized carbons (Fsp3) is 0.818. The van der Waals surface area contributed by atoms with Crippen molar-refractivity contribution in [3.05, 3.63) is 0 Å². The standard InChI is InChI=1S/C11H19NO5/c1-5-17-7-6-11(8(13)14,10(7,2)3)12-9(15)16-4/h7H,5-6H2,1-4H3,(H,12,15)(H,13,14). The van der Waals surface area contributed by atoms with Gasteiger partial charge < -0.3 is 19.9 Å². The van der Waals surface area contributed by atoms with Crippen molar-refractivity contribution in [1.29, 1.82) is 0 Å². The van der Waals surface area contributed by atoms with Crippen LogP contribution in [0.25, 0.3) is 0 Å². The lowest BCUT2D eigenvalue weighted by atomic mass is 9.54. The minimum atomic E-state index is -1.32. The molecule has 0 spiro atoms. The van der Waals surface area contributed by atoms with Crippen LogP contribution in [0.15, 0.2) is 0 Å². The summed E-state index contributed by atoms with van der Waals surface area (Å²) in [5, 5.41) is 11.7. The molecule has 0 aromatic heterocycles. The summed E-state index contributed by atoms with van der Waals surface area (Å²) in [5.41, 5.74) is -2.00. The Labute approximate surface area is 100 Å². The van der Waals surface area contributed by atoms with Gasteiger partial charge in [-0.05, 0) is 6.92 Å². The van der Waals surface area contributed by atoms with Crippen molar-refractivity contribution in [3.63, 3.8) is 0 Å². The molecule has 1 amide bonds. The van der Waals surface area contributed by atoms with Gasteiger partial charge in [0.25, 0.3) is 0 Å². The van der Waals surface area contributed by atoms with E-state index in [2.05, 4.69) is 10.1 Å². The molecular formula is C11H19NO5. The van der Waals surface area contributed by atoms with E-state index in [0.717, 1.165) is 0 Å². The molecule has 1 fully saturated rings. The van der Waals surface area contributed by atoms with Crippen molar-refractivity contribution >= 4 is 12.1 Å². The number of carboxylic acids is 1. The van der Waals surface area contributed by atoms with Gasteiger partial charge in [-0.2, -0.15) is 0 Å². The van der Waals surface area contributed by atoms with Crippen LogP contribution in [0.1, 0.15) is 27.2 Å². The summed E-state index contributed by atoms with van der Waals surface area (Å²) in [4.78, 5) is 22.6. The molecule has 0 bridgehead atoms. The van der Waals surface area contributed by atoms with Gasteiger partial charge in [-0.25, -0.2) is 9.59 Å². The van der Waals surface area contributed by atoms with Gasteiger partial charge in [0, 0.05) is 18.4 Å². The average molecular weight is 245 g/mol. The second-order valence-corrected chi connectivity index (χ2v) is 4.70. The first-order valence-electron chi connectivity index (χ1n) is 5.53. The molecule has 1 rings (SSSR count). The van der Waals surface area contributed by atoms with E-state index in [1.54, 1.807) is 13.8 Å². The maximum atomic E-state index is 11.4. The minimum absolute atomic E-state index is 0.180. The van der Waals surface area contributed by atoms with E-state index in [-0.39, 0.29) is 12.5 Å². The maximum absolute atomic E-state index is 11.4. The number of carbonyl (C=O) groups is 2. The highest BCUT2D eigenvalue weighted by Gasteiger charge is 2.66. The molecule has 1 saturated carbocycles. The van der Waals surface area contributed by atoms with Gasteiger partial charge in [0.1, 0.15) is 0 Å². The van der Waals surface area contributed by atoms with Crippen molar-refractivity contribution < 1.29 is 24.2 Å². The first-order valence-corrected chi connectivity index (χ1v) is 5.53. The highest BCUT2D eigenvalue weighted by molar-refractivity contribution is 5.87. The average Bonchev–Trinajstić information content (AvgIpc) is 2.26. The van der Waals surface area contributed by atoms with Gasteiger partial charge >= 0.3 is 12.1 Å². The van der Waals surface area contributed by atoms with E-state index in [1.807, 2.05) is 6.92 Å². The van der Waals surface area contributed by atoms with Gasteiger partial charge in [-0.3, -0.25) is 0 Å². The Morgan fingerprint density at radius 3 is 2.41 bits per heavy atom. The van der Waals surface area contributed by atoms with Crippen LogP contribution in [0, 0.1) is 5.41 Å². The minimum Gasteiger partial charge on any atom is -0.479 e. The van der Waals surface area contributed by atoms with Gasteiger partial charge in [0.2, 0.25) is 0 Å². The Hall–Kier alpha value is -1.30. The number of aliphatic carboxylic acids is 1. The number of alkyl carbamates (subject to hydrolysis) is 1. The van der Waals surface area contributed by atoms with Crippen molar-refractivity contribution in [1.82, 2.24) is 5.32 Å². The number of hydrogen-bond acceptors (Lipinski definition) is 4. The highest BCUT2D eigenvalue weighted by Crippen LogP contribution is 2.51. The lowest BCUT2D eigenvalue weighted by Crippen LogP contribution is -2.76. The SMILES string of the molecule is CCOC1CC(NC(=O)OC)(C(=O)O)C1(C)C. The van der Waals surface area contributed by atoms with Crippen LogP contribution < -0.4 is 5.32 Å². The summed E-state index contributed by atoms with van der Waals surface area (Å²) in [6, 6.07) is 0. The zero-order valence-electron chi connectivity index (χ0n) is 10.6. The zero-order valence-corrected chi connectivity index (χ0v) is 10.6. The van der Waals surface area contributed by atoms with Crippen LogP contribution in [0.3, 0.4) is 0 Å². The third-order valence-electron chi connectivity index (χ3n) is 3.63. The normalized spacial score (nSPS) is 30.2. The summed E-state index contributed by atoms with van der Waals surface area (Å²) >= 11 is 0. The second kappa shape index (κ2) is 4.52. The Bertz CT molecular complexity index is 328. The largest absolute Gasteiger partial charge is 0.479 e. The number of nitrogens with one attached hydrogen (secondary N) is 1. The Morgan fingerprint density at radius 2 is 2.06 bits per heavy atom. The predicted molar refractivity (Wildman–Crippen MR) is 59.7 cm³/mol. The fourth-order valence-electron chi connectivity index (χ4n) is 2.26. The molecule has 1 aliphatic rings. The topological polar surface area (TPSA) is 84.9 Å². The summed E-state index contributed by atoms with van der Waals surface area (Å²) in [6.45, 7) is 5.90. The number of ether oxygens (including phenoxy) is 2. The molecule has 17 heavy (non-hydrogen) atoms. The van der Waals surface area contributed by atoms with Crippen molar-refractivity contribution in [2.75, 3.05) is 13.7 Å². The van der Waals surface area contributed by atoms with E-state index in [0.29, 0.717) is 6.61 Å². The molecule has 0 aromatic rings. The molecule has 0 radical (unpaired) electrons. The van der Waals surface area contributed by atoms with Gasteiger partial charge in [0.05, 0.1) is 13.2 Å². The molecule has 0 aromatic carbocycles. The summed E-state index contributed by atoms with van der Waals surface area (Å²) < 4.78 is 9.92. The van der Waals surface area contributed by atoms with Crippen LogP contribution >= 0.6 is 0 Å². The number of rotatable bonds is 4. The van der Waals surface area contributed by atoms with Crippen LogP contribution in [0.2, 0.25) is 0 Å². The van der Waals surface area contributed by atoms with E-state index in [9.17, 15) is 14.7 Å². The smallest absolute Gasteiger partial charge is 0.407 e. The number of amides is 1. The lowest BCUT2D eigenvalue weighted by Gasteiger charge is -2.57. The van der Waals surface area contributed by atoms with E-state index in [4.69, 9.17) is 4.74 Å². The Balaban J connectivity index is 2.90. The molecule has 1 aliphatic carbocycles. The van der Waals surface area contributed by atoms with Crippen LogP contribution in [0.5, 0.6) is 0 Å². The molecule has 6 heteroatoms. The van der Waals surface area contributed by atoms with Crippen LogP contribution in [-0.2, 0) is 14.3 Å². The summed E-state index contributed by atoms with van der Waals surface area (Å²) in [6.07, 6.45) is -0.672. The van der Waals surface area contributed by atoms with Crippen LogP contribution in [0.4, 0.5) is 4.79 Å². The molecule has 2 N–H and O–H groups in total. The number of carbonyl (C=O) groups excluding carboxylic acids is 1. The summed E-state index contributed by atoms with van der Waals surface area (Å²) in [7, 11) is 1.20. The monoisotopic (exact) mass is 245 g/mol. The van der Waals surface area contributed by atoms with Gasteiger partial charge in [-0.1, -0.05) is 13.8 Å².